The molecular formula is C19H19FN4O2. The van der Waals surface area contributed by atoms with Crippen molar-refractivity contribution in [2.75, 3.05) is 18.0 Å². The van der Waals surface area contributed by atoms with E-state index in [0.29, 0.717) is 17.5 Å². The molecule has 1 saturated heterocycles. The molecule has 0 unspecified atom stereocenters. The van der Waals surface area contributed by atoms with Gasteiger partial charge in [0.15, 0.2) is 5.82 Å². The molecule has 7 heteroatoms. The van der Waals surface area contributed by atoms with Crippen LogP contribution < -0.4 is 9.64 Å². The first-order valence-electron chi connectivity index (χ1n) is 8.61. The van der Waals surface area contributed by atoms with Gasteiger partial charge in [-0.15, -0.1) is 0 Å². The summed E-state index contributed by atoms with van der Waals surface area (Å²) in [5, 5.41) is 3.83. The van der Waals surface area contributed by atoms with E-state index in [1.54, 1.807) is 25.3 Å². The number of piperidine rings is 1. The third-order valence-corrected chi connectivity index (χ3v) is 4.40. The van der Waals surface area contributed by atoms with Gasteiger partial charge >= 0.3 is 0 Å². The van der Waals surface area contributed by atoms with Crippen LogP contribution in [0.3, 0.4) is 0 Å². The third-order valence-electron chi connectivity index (χ3n) is 4.40. The lowest BCUT2D eigenvalue weighted by molar-refractivity contribution is 0.170. The molecule has 0 atom stereocenters. The monoisotopic (exact) mass is 354 g/mol. The van der Waals surface area contributed by atoms with Crippen molar-refractivity contribution in [2.45, 2.75) is 25.9 Å². The number of anilines is 1. The molecule has 0 aliphatic carbocycles. The maximum Gasteiger partial charge on any atom is 0.258 e. The van der Waals surface area contributed by atoms with Crippen LogP contribution >= 0.6 is 0 Å². The summed E-state index contributed by atoms with van der Waals surface area (Å²) in [5.41, 5.74) is 0.861. The van der Waals surface area contributed by atoms with Crippen LogP contribution in [-0.2, 0) is 0 Å². The van der Waals surface area contributed by atoms with Gasteiger partial charge in [-0.3, -0.25) is 0 Å². The van der Waals surface area contributed by atoms with E-state index in [-0.39, 0.29) is 11.9 Å². The van der Waals surface area contributed by atoms with Crippen LogP contribution in [0, 0.1) is 12.7 Å². The highest BCUT2D eigenvalue weighted by Gasteiger charge is 2.22. The van der Waals surface area contributed by atoms with E-state index in [4.69, 9.17) is 9.26 Å². The van der Waals surface area contributed by atoms with Gasteiger partial charge in [0.2, 0.25) is 0 Å². The lowest BCUT2D eigenvalue weighted by Gasteiger charge is -2.33. The molecule has 0 amide bonds. The maximum atomic E-state index is 13.0. The molecule has 1 aliphatic rings. The Morgan fingerprint density at radius 2 is 1.92 bits per heavy atom. The minimum atomic E-state index is -0.255. The molecule has 26 heavy (non-hydrogen) atoms. The van der Waals surface area contributed by atoms with Gasteiger partial charge in [0.05, 0.1) is 0 Å². The van der Waals surface area contributed by atoms with Crippen LogP contribution in [0.5, 0.6) is 5.75 Å². The average Bonchev–Trinajstić information content (AvgIpc) is 3.11. The minimum absolute atomic E-state index is 0.124. The summed E-state index contributed by atoms with van der Waals surface area (Å²) in [5.74, 6) is 2.45. The van der Waals surface area contributed by atoms with E-state index in [0.717, 1.165) is 37.3 Å². The summed E-state index contributed by atoms with van der Waals surface area (Å²) in [6, 6.07) is 9.99. The van der Waals surface area contributed by atoms with Gasteiger partial charge < -0.3 is 14.2 Å². The number of nitrogens with zero attached hydrogens (tertiary/aromatic N) is 4. The van der Waals surface area contributed by atoms with Gasteiger partial charge in [0.1, 0.15) is 23.5 Å². The van der Waals surface area contributed by atoms with Gasteiger partial charge in [-0.25, -0.2) is 9.37 Å². The second-order valence-corrected chi connectivity index (χ2v) is 6.31. The Labute approximate surface area is 150 Å². The third kappa shape index (κ3) is 3.66. The zero-order valence-corrected chi connectivity index (χ0v) is 14.4. The lowest BCUT2D eigenvalue weighted by atomic mass is 10.1. The molecule has 0 radical (unpaired) electrons. The summed E-state index contributed by atoms with van der Waals surface area (Å²) in [7, 11) is 0. The Morgan fingerprint density at radius 1 is 1.15 bits per heavy atom. The standard InChI is InChI=1S/C19H19FN4O2/c1-13-22-19(26-23-13)14-6-9-21-18(12-14)24-10-7-17(8-11-24)25-16-4-2-15(20)3-5-16/h2-6,9,12,17H,7-8,10-11H2,1H3. The lowest BCUT2D eigenvalue weighted by Crippen LogP contribution is -2.38. The summed E-state index contributed by atoms with van der Waals surface area (Å²) >= 11 is 0. The molecule has 0 spiro atoms. The smallest absolute Gasteiger partial charge is 0.258 e. The Balaban J connectivity index is 1.39. The predicted octanol–water partition coefficient (Wildman–Crippen LogP) is 3.63. The quantitative estimate of drug-likeness (QED) is 0.713. The van der Waals surface area contributed by atoms with Crippen LogP contribution in [0.25, 0.3) is 11.5 Å². The molecule has 0 bridgehead atoms. The average molecular weight is 354 g/mol. The first-order chi connectivity index (χ1) is 12.7. The first-order valence-corrected chi connectivity index (χ1v) is 8.61. The van der Waals surface area contributed by atoms with Crippen LogP contribution in [0.15, 0.2) is 47.1 Å². The number of aromatic nitrogens is 3. The fraction of sp³-hybridized carbons (Fsp3) is 0.316. The van der Waals surface area contributed by atoms with Crippen LogP contribution in [0.4, 0.5) is 10.2 Å². The Kier molecular flexibility index (Phi) is 4.51. The highest BCUT2D eigenvalue weighted by Crippen LogP contribution is 2.25. The fourth-order valence-corrected chi connectivity index (χ4v) is 3.05. The Hall–Kier alpha value is -2.96. The number of aryl methyl sites for hydroxylation is 1. The zero-order chi connectivity index (χ0) is 17.9. The molecular weight excluding hydrogens is 335 g/mol. The van der Waals surface area contributed by atoms with Crippen molar-refractivity contribution < 1.29 is 13.7 Å². The van der Waals surface area contributed by atoms with E-state index in [1.807, 2.05) is 12.1 Å². The topological polar surface area (TPSA) is 64.3 Å². The van der Waals surface area contributed by atoms with Gasteiger partial charge in [0, 0.05) is 37.7 Å². The molecule has 3 heterocycles. The van der Waals surface area contributed by atoms with Crippen molar-refractivity contribution >= 4 is 5.82 Å². The van der Waals surface area contributed by atoms with Crippen molar-refractivity contribution in [1.82, 2.24) is 15.1 Å². The molecule has 0 N–H and O–H groups in total. The number of pyridine rings is 1. The number of halogens is 1. The van der Waals surface area contributed by atoms with Crippen LogP contribution in [0.1, 0.15) is 18.7 Å². The Bertz CT molecular complexity index is 873. The highest BCUT2D eigenvalue weighted by atomic mass is 19.1. The zero-order valence-electron chi connectivity index (χ0n) is 14.4. The number of ether oxygens (including phenoxy) is 1. The molecule has 6 nitrogen and oxygen atoms in total. The maximum absolute atomic E-state index is 13.0. The largest absolute Gasteiger partial charge is 0.490 e. The number of rotatable bonds is 4. The number of benzene rings is 1. The van der Waals surface area contributed by atoms with Crippen molar-refractivity contribution in [3.8, 4) is 17.2 Å². The molecule has 1 fully saturated rings. The van der Waals surface area contributed by atoms with Gasteiger partial charge in [-0.1, -0.05) is 5.16 Å². The predicted molar refractivity (Wildman–Crippen MR) is 94.5 cm³/mol. The minimum Gasteiger partial charge on any atom is -0.490 e. The van der Waals surface area contributed by atoms with E-state index in [2.05, 4.69) is 20.0 Å². The van der Waals surface area contributed by atoms with Crippen molar-refractivity contribution in [1.29, 1.82) is 0 Å². The molecule has 1 aromatic carbocycles. The highest BCUT2D eigenvalue weighted by molar-refractivity contribution is 5.58. The van der Waals surface area contributed by atoms with E-state index in [1.165, 1.54) is 12.1 Å². The van der Waals surface area contributed by atoms with Gasteiger partial charge in [-0.2, -0.15) is 4.98 Å². The summed E-state index contributed by atoms with van der Waals surface area (Å²) in [6.45, 7) is 3.47. The van der Waals surface area contributed by atoms with Crippen molar-refractivity contribution in [2.24, 2.45) is 0 Å². The molecule has 4 rings (SSSR count). The number of hydrogen-bond donors (Lipinski definition) is 0. The van der Waals surface area contributed by atoms with Crippen molar-refractivity contribution in [3.63, 3.8) is 0 Å². The van der Waals surface area contributed by atoms with E-state index < -0.39 is 0 Å². The summed E-state index contributed by atoms with van der Waals surface area (Å²) in [6.07, 6.45) is 3.63. The summed E-state index contributed by atoms with van der Waals surface area (Å²) < 4.78 is 24.2. The summed E-state index contributed by atoms with van der Waals surface area (Å²) in [4.78, 5) is 10.9. The molecule has 2 aromatic heterocycles. The van der Waals surface area contributed by atoms with E-state index in [9.17, 15) is 4.39 Å². The van der Waals surface area contributed by atoms with Gasteiger partial charge in [-0.05, 0) is 43.3 Å². The Morgan fingerprint density at radius 3 is 2.62 bits per heavy atom. The normalized spacial score (nSPS) is 15.2. The second kappa shape index (κ2) is 7.11. The molecule has 134 valence electrons. The van der Waals surface area contributed by atoms with Crippen LogP contribution in [0.2, 0.25) is 0 Å². The van der Waals surface area contributed by atoms with Crippen LogP contribution in [-0.4, -0.2) is 34.3 Å². The second-order valence-electron chi connectivity index (χ2n) is 6.31. The van der Waals surface area contributed by atoms with Gasteiger partial charge in [0.25, 0.3) is 5.89 Å². The molecule has 1 aliphatic heterocycles. The van der Waals surface area contributed by atoms with E-state index >= 15 is 0 Å². The van der Waals surface area contributed by atoms with Crippen molar-refractivity contribution in [3.05, 3.63) is 54.2 Å². The SMILES string of the molecule is Cc1noc(-c2ccnc(N3CCC(Oc4ccc(F)cc4)CC3)c2)n1. The number of hydrogen-bond acceptors (Lipinski definition) is 6. The fourth-order valence-electron chi connectivity index (χ4n) is 3.05. The molecule has 0 saturated carbocycles. The molecule has 3 aromatic rings. The first kappa shape index (κ1) is 16.5.